The Kier molecular flexibility index (Phi) is 4.46. The minimum absolute atomic E-state index is 0.160. The van der Waals surface area contributed by atoms with Crippen molar-refractivity contribution in [2.24, 2.45) is 0 Å². The number of carbonyl (C=O) groups is 1. The fraction of sp³-hybridized carbons (Fsp3) is 0.188. The Morgan fingerprint density at radius 3 is 2.67 bits per heavy atom. The average Bonchev–Trinajstić information content (AvgIpc) is 2.99. The van der Waals surface area contributed by atoms with E-state index < -0.39 is 15.8 Å². The summed E-state index contributed by atoms with van der Waals surface area (Å²) in [5.41, 5.74) is 1.67. The molecule has 0 atom stereocenters. The van der Waals surface area contributed by atoms with Crippen molar-refractivity contribution >= 4 is 37.5 Å². The first-order valence-corrected chi connectivity index (χ1v) is 9.44. The maximum absolute atomic E-state index is 13.7. The normalized spacial score (nSPS) is 13.9. The number of carbonyl (C=O) groups excluding carboxylic acids is 1. The van der Waals surface area contributed by atoms with Gasteiger partial charge in [0, 0.05) is 17.8 Å². The lowest BCUT2D eigenvalue weighted by molar-refractivity contribution is 0.0989. The molecular weight excluding hydrogens is 399 g/mol. The Hall–Kier alpha value is -1.77. The fourth-order valence-electron chi connectivity index (χ4n) is 2.66. The molecule has 0 radical (unpaired) electrons. The number of anilines is 1. The third-order valence-corrected chi connectivity index (χ3v) is 5.99. The summed E-state index contributed by atoms with van der Waals surface area (Å²) in [6.07, 6.45) is 0.549. The highest BCUT2D eigenvalue weighted by molar-refractivity contribution is 9.10. The van der Waals surface area contributed by atoms with Crippen LogP contribution < -0.4 is 9.62 Å². The van der Waals surface area contributed by atoms with E-state index in [2.05, 4.69) is 20.7 Å². The molecule has 0 saturated heterocycles. The highest BCUT2D eigenvalue weighted by Gasteiger charge is 2.27. The maximum atomic E-state index is 13.7. The number of hydrogen-bond donors (Lipinski definition) is 1. The van der Waals surface area contributed by atoms with Crippen LogP contribution in [0.25, 0.3) is 0 Å². The standard InChI is InChI=1S/C16H14BrFN2O3S/c1-19-24(22,23)12-3-5-15-10(8-12)6-7-20(15)16(21)11-2-4-13(17)14(18)9-11/h2-5,8-9,19H,6-7H2,1H3. The highest BCUT2D eigenvalue weighted by atomic mass is 79.9. The molecule has 0 spiro atoms. The lowest BCUT2D eigenvalue weighted by Gasteiger charge is -2.18. The van der Waals surface area contributed by atoms with Crippen molar-refractivity contribution in [3.8, 4) is 0 Å². The molecule has 1 aliphatic heterocycles. The first kappa shape index (κ1) is 17.1. The van der Waals surface area contributed by atoms with Gasteiger partial charge in [0.15, 0.2) is 0 Å². The molecule has 5 nitrogen and oxygen atoms in total. The first-order chi connectivity index (χ1) is 11.3. The zero-order chi connectivity index (χ0) is 17.5. The van der Waals surface area contributed by atoms with Gasteiger partial charge in [-0.25, -0.2) is 17.5 Å². The quantitative estimate of drug-likeness (QED) is 0.842. The van der Waals surface area contributed by atoms with E-state index in [9.17, 15) is 17.6 Å². The Morgan fingerprint density at radius 1 is 1.25 bits per heavy atom. The van der Waals surface area contributed by atoms with Crippen molar-refractivity contribution in [2.45, 2.75) is 11.3 Å². The number of nitrogens with zero attached hydrogens (tertiary/aromatic N) is 1. The SMILES string of the molecule is CNS(=O)(=O)c1ccc2c(c1)CCN2C(=O)c1ccc(Br)c(F)c1. The van der Waals surface area contributed by atoms with Gasteiger partial charge in [0.2, 0.25) is 10.0 Å². The molecule has 0 aliphatic carbocycles. The predicted molar refractivity (Wildman–Crippen MR) is 92.2 cm³/mol. The summed E-state index contributed by atoms with van der Waals surface area (Å²) in [6.45, 7) is 0.426. The van der Waals surface area contributed by atoms with Crippen LogP contribution in [0.3, 0.4) is 0 Å². The lowest BCUT2D eigenvalue weighted by atomic mass is 10.1. The summed E-state index contributed by atoms with van der Waals surface area (Å²) in [6, 6.07) is 8.86. The van der Waals surface area contributed by atoms with Crippen molar-refractivity contribution in [3.63, 3.8) is 0 Å². The van der Waals surface area contributed by atoms with Crippen LogP contribution in [0.15, 0.2) is 45.8 Å². The molecule has 0 aromatic heterocycles. The average molecular weight is 413 g/mol. The zero-order valence-electron chi connectivity index (χ0n) is 12.7. The Morgan fingerprint density at radius 2 is 2.00 bits per heavy atom. The molecule has 8 heteroatoms. The summed E-state index contributed by atoms with van der Waals surface area (Å²) >= 11 is 3.06. The number of rotatable bonds is 3. The number of fused-ring (bicyclic) bond motifs is 1. The number of benzene rings is 2. The summed E-state index contributed by atoms with van der Waals surface area (Å²) < 4.78 is 40.0. The molecule has 0 saturated carbocycles. The van der Waals surface area contributed by atoms with Gasteiger partial charge >= 0.3 is 0 Å². The smallest absolute Gasteiger partial charge is 0.258 e. The largest absolute Gasteiger partial charge is 0.308 e. The minimum atomic E-state index is -3.53. The van der Waals surface area contributed by atoms with Crippen LogP contribution in [-0.4, -0.2) is 27.9 Å². The van der Waals surface area contributed by atoms with Crippen LogP contribution in [-0.2, 0) is 16.4 Å². The van der Waals surface area contributed by atoms with Gasteiger partial charge in [-0.2, -0.15) is 0 Å². The van der Waals surface area contributed by atoms with Gasteiger partial charge < -0.3 is 4.90 Å². The molecule has 1 aliphatic rings. The minimum Gasteiger partial charge on any atom is -0.308 e. The monoisotopic (exact) mass is 412 g/mol. The van der Waals surface area contributed by atoms with Crippen LogP contribution >= 0.6 is 15.9 Å². The van der Waals surface area contributed by atoms with E-state index in [0.29, 0.717) is 23.1 Å². The van der Waals surface area contributed by atoms with Gasteiger partial charge in [0.05, 0.1) is 9.37 Å². The zero-order valence-corrected chi connectivity index (χ0v) is 15.1. The van der Waals surface area contributed by atoms with E-state index in [0.717, 1.165) is 5.56 Å². The molecule has 0 unspecified atom stereocenters. The van der Waals surface area contributed by atoms with Crippen LogP contribution in [0, 0.1) is 5.82 Å². The van der Waals surface area contributed by atoms with E-state index in [1.54, 1.807) is 18.2 Å². The first-order valence-electron chi connectivity index (χ1n) is 7.17. The summed E-state index contributed by atoms with van der Waals surface area (Å²) in [5, 5.41) is 0. The second-order valence-corrected chi connectivity index (χ2v) is 8.07. The molecule has 24 heavy (non-hydrogen) atoms. The summed E-state index contributed by atoms with van der Waals surface area (Å²) in [5.74, 6) is -0.819. The van der Waals surface area contributed by atoms with Gasteiger partial charge in [-0.15, -0.1) is 0 Å². The van der Waals surface area contributed by atoms with Crippen molar-refractivity contribution in [1.29, 1.82) is 0 Å². The number of nitrogens with one attached hydrogen (secondary N) is 1. The van der Waals surface area contributed by atoms with Gasteiger partial charge in [-0.3, -0.25) is 4.79 Å². The van der Waals surface area contributed by atoms with E-state index >= 15 is 0 Å². The molecule has 126 valence electrons. The molecule has 2 aromatic rings. The molecule has 3 rings (SSSR count). The number of halogens is 2. The van der Waals surface area contributed by atoms with Gasteiger partial charge in [-0.05, 0) is 71.4 Å². The molecule has 0 fully saturated rings. The molecular formula is C16H14BrFN2O3S. The van der Waals surface area contributed by atoms with Crippen LogP contribution in [0.4, 0.5) is 10.1 Å². The third-order valence-electron chi connectivity index (χ3n) is 3.94. The Balaban J connectivity index is 1.94. The third kappa shape index (κ3) is 2.97. The second kappa shape index (κ2) is 6.27. The highest BCUT2D eigenvalue weighted by Crippen LogP contribution is 2.31. The molecule has 1 amide bonds. The number of sulfonamides is 1. The van der Waals surface area contributed by atoms with E-state index in [-0.39, 0.29) is 16.4 Å². The van der Waals surface area contributed by atoms with Crippen LogP contribution in [0.2, 0.25) is 0 Å². The maximum Gasteiger partial charge on any atom is 0.258 e. The van der Waals surface area contributed by atoms with Crippen molar-refractivity contribution in [2.75, 3.05) is 18.5 Å². The molecule has 0 bridgehead atoms. The Bertz CT molecular complexity index is 931. The predicted octanol–water partition coefficient (Wildman–Crippen LogP) is 2.70. The van der Waals surface area contributed by atoms with Crippen LogP contribution in [0.5, 0.6) is 0 Å². The van der Waals surface area contributed by atoms with E-state index in [4.69, 9.17) is 0 Å². The Labute approximate surface area is 147 Å². The van der Waals surface area contributed by atoms with Crippen molar-refractivity contribution in [1.82, 2.24) is 4.72 Å². The molecule has 2 aromatic carbocycles. The lowest BCUT2D eigenvalue weighted by Crippen LogP contribution is -2.29. The topological polar surface area (TPSA) is 66.5 Å². The van der Waals surface area contributed by atoms with Crippen molar-refractivity contribution < 1.29 is 17.6 Å². The summed E-state index contributed by atoms with van der Waals surface area (Å²) in [4.78, 5) is 14.3. The van der Waals surface area contributed by atoms with E-state index in [1.165, 1.54) is 30.1 Å². The van der Waals surface area contributed by atoms with Gasteiger partial charge in [-0.1, -0.05) is 0 Å². The van der Waals surface area contributed by atoms with Crippen LogP contribution in [0.1, 0.15) is 15.9 Å². The van der Waals surface area contributed by atoms with E-state index in [1.807, 2.05) is 0 Å². The number of amides is 1. The van der Waals surface area contributed by atoms with Crippen molar-refractivity contribution in [3.05, 3.63) is 57.8 Å². The molecule has 1 N–H and O–H groups in total. The fourth-order valence-corrected chi connectivity index (χ4v) is 3.69. The summed E-state index contributed by atoms with van der Waals surface area (Å²) in [7, 11) is -2.18. The van der Waals surface area contributed by atoms with Gasteiger partial charge in [0.1, 0.15) is 5.82 Å². The van der Waals surface area contributed by atoms with Gasteiger partial charge in [0.25, 0.3) is 5.91 Å². The number of hydrogen-bond acceptors (Lipinski definition) is 3. The second-order valence-electron chi connectivity index (χ2n) is 5.33. The molecule has 1 heterocycles.